The van der Waals surface area contributed by atoms with E-state index in [2.05, 4.69) is 10.3 Å². The lowest BCUT2D eigenvalue weighted by Gasteiger charge is -2.44. The third-order valence-electron chi connectivity index (χ3n) is 6.97. The molecule has 35 heavy (non-hydrogen) atoms. The number of carbonyl (C=O) groups excluding carboxylic acids is 1. The van der Waals surface area contributed by atoms with Crippen LogP contribution >= 0.6 is 0 Å². The number of amides is 1. The summed E-state index contributed by atoms with van der Waals surface area (Å²) in [6.07, 6.45) is 2.21. The first kappa shape index (κ1) is 22.9. The number of aliphatic carboxylic acids is 2. The van der Waals surface area contributed by atoms with Crippen molar-refractivity contribution in [3.8, 4) is 0 Å². The van der Waals surface area contributed by atoms with Crippen LogP contribution in [0.2, 0.25) is 0 Å². The first-order valence-corrected chi connectivity index (χ1v) is 11.6. The Bertz CT molecular complexity index is 1380. The van der Waals surface area contributed by atoms with Gasteiger partial charge < -0.3 is 25.1 Å². The summed E-state index contributed by atoms with van der Waals surface area (Å²) in [6.45, 7) is 1.66. The smallest absolute Gasteiger partial charge is 0.325 e. The van der Waals surface area contributed by atoms with Crippen LogP contribution in [0.5, 0.6) is 0 Å². The Hall–Kier alpha value is -3.92. The van der Waals surface area contributed by atoms with Gasteiger partial charge in [0.15, 0.2) is 0 Å². The number of hydrogen-bond acceptors (Lipinski definition) is 5. The molecule has 1 amide bonds. The molecule has 182 valence electrons. The van der Waals surface area contributed by atoms with Gasteiger partial charge in [0.25, 0.3) is 5.56 Å². The first-order chi connectivity index (χ1) is 16.8. The van der Waals surface area contributed by atoms with Crippen LogP contribution in [0, 0.1) is 5.92 Å². The lowest BCUT2D eigenvalue weighted by atomic mass is 9.82. The predicted molar refractivity (Wildman–Crippen MR) is 127 cm³/mol. The average molecular weight is 479 g/mol. The Kier molecular flexibility index (Phi) is 5.89. The number of anilines is 1. The molecule has 3 aromatic rings. The third kappa shape index (κ3) is 4.44. The van der Waals surface area contributed by atoms with E-state index in [0.29, 0.717) is 36.3 Å². The summed E-state index contributed by atoms with van der Waals surface area (Å²) in [6, 6.07) is 9.55. The van der Waals surface area contributed by atoms with Crippen molar-refractivity contribution in [3.63, 3.8) is 0 Å². The van der Waals surface area contributed by atoms with Gasteiger partial charge in [0.05, 0.1) is 6.42 Å². The second kappa shape index (κ2) is 9.03. The maximum atomic E-state index is 12.5. The molecule has 2 aliphatic heterocycles. The topological polar surface area (TPSA) is 145 Å². The molecule has 4 heterocycles. The molecule has 2 aliphatic rings. The molecule has 0 spiro atoms. The van der Waals surface area contributed by atoms with Crippen LogP contribution < -0.4 is 10.9 Å². The largest absolute Gasteiger partial charge is 0.481 e. The number of benzene rings is 1. The van der Waals surface area contributed by atoms with Gasteiger partial charge in [-0.25, -0.2) is 0 Å². The number of nitrogens with one attached hydrogen (secondary N) is 2. The molecule has 1 aromatic carbocycles. The van der Waals surface area contributed by atoms with E-state index in [4.69, 9.17) is 5.11 Å². The fourth-order valence-electron chi connectivity index (χ4n) is 5.52. The van der Waals surface area contributed by atoms with Crippen LogP contribution in [-0.2, 0) is 20.9 Å². The van der Waals surface area contributed by atoms with E-state index in [1.165, 1.54) is 0 Å². The lowest BCUT2D eigenvalue weighted by molar-refractivity contribution is -0.145. The van der Waals surface area contributed by atoms with Crippen molar-refractivity contribution in [3.05, 3.63) is 64.2 Å². The van der Waals surface area contributed by atoms with Crippen molar-refractivity contribution in [2.75, 3.05) is 18.4 Å². The molecule has 3 atom stereocenters. The zero-order valence-corrected chi connectivity index (χ0v) is 18.9. The number of H-pyrrole nitrogens is 1. The molecule has 4 N–H and O–H groups in total. The van der Waals surface area contributed by atoms with E-state index in [0.717, 1.165) is 17.6 Å². The number of piperidine rings is 1. The van der Waals surface area contributed by atoms with Crippen molar-refractivity contribution >= 4 is 34.4 Å². The Balaban J connectivity index is 1.43. The lowest BCUT2D eigenvalue weighted by Crippen LogP contribution is -2.49. The molecule has 10 nitrogen and oxygen atoms in total. The van der Waals surface area contributed by atoms with E-state index in [1.54, 1.807) is 36.5 Å². The van der Waals surface area contributed by atoms with Gasteiger partial charge in [-0.15, -0.1) is 0 Å². The van der Waals surface area contributed by atoms with Gasteiger partial charge in [-0.2, -0.15) is 0 Å². The summed E-state index contributed by atoms with van der Waals surface area (Å²) in [5, 5.41) is 22.4. The molecule has 1 saturated heterocycles. The van der Waals surface area contributed by atoms with E-state index in [1.807, 2.05) is 15.5 Å². The number of aromatic amines is 1. The van der Waals surface area contributed by atoms with Gasteiger partial charge in [-0.1, -0.05) is 6.07 Å². The monoisotopic (exact) mass is 478 g/mol. The van der Waals surface area contributed by atoms with Gasteiger partial charge in [0, 0.05) is 72.1 Å². The minimum Gasteiger partial charge on any atom is -0.481 e. The number of hydrogen-bond donors (Lipinski definition) is 4. The van der Waals surface area contributed by atoms with Crippen molar-refractivity contribution in [1.29, 1.82) is 0 Å². The highest BCUT2D eigenvalue weighted by Crippen LogP contribution is 2.40. The quantitative estimate of drug-likeness (QED) is 0.408. The zero-order chi connectivity index (χ0) is 24.7. The van der Waals surface area contributed by atoms with Crippen LogP contribution in [0.3, 0.4) is 0 Å². The molecule has 0 saturated carbocycles. The predicted octanol–water partition coefficient (Wildman–Crippen LogP) is 2.38. The number of carboxylic acid groups (broad SMARTS) is 2. The Morgan fingerprint density at radius 1 is 1.09 bits per heavy atom. The zero-order valence-electron chi connectivity index (χ0n) is 18.9. The Morgan fingerprint density at radius 3 is 2.69 bits per heavy atom. The van der Waals surface area contributed by atoms with Crippen molar-refractivity contribution in [2.45, 2.75) is 37.8 Å². The molecule has 10 heteroatoms. The Labute approximate surface area is 200 Å². The molecule has 2 aromatic heterocycles. The van der Waals surface area contributed by atoms with E-state index >= 15 is 0 Å². The standard InChI is InChI=1S/C25H26N4O6/c30-21(6-7-23(32)33)27-16-4-5-19-17(9-16)18(10-26-19)24(25(34)35)28-11-14-8-15(13-28)20-2-1-3-22(31)29(20)12-14/h1-5,9-10,14-15,24,26H,6-8,11-13H2,(H,27,30)(H,32,33)(H,34,35)/t14-,15-,24-/m1/s1. The summed E-state index contributed by atoms with van der Waals surface area (Å²) in [5.41, 5.74) is 2.74. The van der Waals surface area contributed by atoms with Gasteiger partial charge in [0.1, 0.15) is 6.04 Å². The molecule has 0 aliphatic carbocycles. The van der Waals surface area contributed by atoms with Crippen molar-refractivity contribution in [1.82, 2.24) is 14.5 Å². The third-order valence-corrected chi connectivity index (χ3v) is 6.97. The SMILES string of the molecule is O=C(O)CCC(=O)Nc1ccc2[nH]cc([C@H](C(=O)O)N3C[C@H]4C[C@H](C3)c3cccc(=O)n3C4)c2c1. The van der Waals surface area contributed by atoms with Crippen LogP contribution in [-0.4, -0.2) is 55.6 Å². The maximum absolute atomic E-state index is 12.5. The van der Waals surface area contributed by atoms with Crippen molar-refractivity contribution in [2.24, 2.45) is 5.92 Å². The van der Waals surface area contributed by atoms with Crippen LogP contribution in [0.15, 0.2) is 47.4 Å². The van der Waals surface area contributed by atoms with Crippen LogP contribution in [0.1, 0.15) is 42.5 Å². The summed E-state index contributed by atoms with van der Waals surface area (Å²) in [7, 11) is 0. The van der Waals surface area contributed by atoms with E-state index in [9.17, 15) is 24.3 Å². The molecule has 0 unspecified atom stereocenters. The minimum atomic E-state index is -1.05. The van der Waals surface area contributed by atoms with Crippen LogP contribution in [0.4, 0.5) is 5.69 Å². The molecule has 5 rings (SSSR count). The summed E-state index contributed by atoms with van der Waals surface area (Å²) < 4.78 is 1.82. The highest BCUT2D eigenvalue weighted by molar-refractivity contribution is 5.96. The van der Waals surface area contributed by atoms with E-state index < -0.39 is 23.9 Å². The second-order valence-electron chi connectivity index (χ2n) is 9.34. The number of carbonyl (C=O) groups is 3. The van der Waals surface area contributed by atoms with Crippen LogP contribution in [0.25, 0.3) is 10.9 Å². The number of rotatable bonds is 7. The number of nitrogens with zero attached hydrogens (tertiary/aromatic N) is 2. The molecular weight excluding hydrogens is 452 g/mol. The summed E-state index contributed by atoms with van der Waals surface area (Å²) in [4.78, 5) is 52.8. The van der Waals surface area contributed by atoms with E-state index in [-0.39, 0.29) is 30.2 Å². The summed E-state index contributed by atoms with van der Waals surface area (Å²) in [5.74, 6) is -2.18. The van der Waals surface area contributed by atoms with Gasteiger partial charge >= 0.3 is 11.9 Å². The van der Waals surface area contributed by atoms with Gasteiger partial charge in [-0.05, 0) is 36.6 Å². The normalized spacial score (nSPS) is 20.2. The number of pyridine rings is 1. The minimum absolute atomic E-state index is 0.0185. The fourth-order valence-corrected chi connectivity index (χ4v) is 5.52. The molecule has 2 bridgehead atoms. The number of fused-ring (bicyclic) bond motifs is 5. The fraction of sp³-hybridized carbons (Fsp3) is 0.360. The van der Waals surface area contributed by atoms with Gasteiger partial charge in [0.2, 0.25) is 5.91 Å². The highest BCUT2D eigenvalue weighted by Gasteiger charge is 2.40. The first-order valence-electron chi connectivity index (χ1n) is 11.6. The number of aromatic nitrogens is 2. The molecular formula is C25H26N4O6. The summed E-state index contributed by atoms with van der Waals surface area (Å²) >= 11 is 0. The maximum Gasteiger partial charge on any atom is 0.325 e. The second-order valence-corrected chi connectivity index (χ2v) is 9.34. The highest BCUT2D eigenvalue weighted by atomic mass is 16.4. The Morgan fingerprint density at radius 2 is 1.91 bits per heavy atom. The molecule has 0 radical (unpaired) electrons. The van der Waals surface area contributed by atoms with Crippen molar-refractivity contribution < 1.29 is 24.6 Å². The van der Waals surface area contributed by atoms with Gasteiger partial charge in [-0.3, -0.25) is 24.1 Å². The molecule has 1 fully saturated rings. The average Bonchev–Trinajstić information content (AvgIpc) is 3.21. The number of carboxylic acids is 2. The number of likely N-dealkylation sites (tertiary alicyclic amines) is 1.